The van der Waals surface area contributed by atoms with Crippen LogP contribution in [0.5, 0.6) is 0 Å². The number of nitrogens with one attached hydrogen (secondary N) is 2. The minimum absolute atomic E-state index is 0.0319. The Morgan fingerprint density at radius 1 is 1.28 bits per heavy atom. The quantitative estimate of drug-likeness (QED) is 0.416. The van der Waals surface area contributed by atoms with Crippen molar-refractivity contribution in [2.75, 3.05) is 38.5 Å². The number of primary amides is 1. The summed E-state index contributed by atoms with van der Waals surface area (Å²) in [5.41, 5.74) is 5.22. The van der Waals surface area contributed by atoms with Gasteiger partial charge in [-0.05, 0) is 40.5 Å². The predicted molar refractivity (Wildman–Crippen MR) is 101 cm³/mol. The summed E-state index contributed by atoms with van der Waals surface area (Å²) in [6.07, 6.45) is 1.77. The van der Waals surface area contributed by atoms with Crippen LogP contribution in [-0.2, 0) is 14.6 Å². The Morgan fingerprint density at radius 2 is 1.88 bits per heavy atom. The molecule has 1 heterocycles. The Bertz CT molecular complexity index is 561. The van der Waals surface area contributed by atoms with Crippen molar-refractivity contribution in [1.82, 2.24) is 15.5 Å². The standard InChI is InChI=1S/C16H33N5O3S/c1-5-18-15(19-8-11-25(23,24)16(2,3)4)20-13-6-9-21(10-7-13)12-14(17)22/h13H,5-12H2,1-4H3,(H2,17,22)(H2,18,19,20). The first-order valence-electron chi connectivity index (χ1n) is 8.83. The molecule has 8 nitrogen and oxygen atoms in total. The lowest BCUT2D eigenvalue weighted by atomic mass is 10.1. The van der Waals surface area contributed by atoms with E-state index in [1.54, 1.807) is 20.8 Å². The second kappa shape index (κ2) is 9.38. The van der Waals surface area contributed by atoms with Crippen molar-refractivity contribution in [2.45, 2.75) is 51.3 Å². The Morgan fingerprint density at radius 3 is 2.36 bits per heavy atom. The van der Waals surface area contributed by atoms with Crippen LogP contribution in [0, 0.1) is 0 Å². The molecule has 0 unspecified atom stereocenters. The molecule has 1 rings (SSSR count). The van der Waals surface area contributed by atoms with Crippen molar-refractivity contribution < 1.29 is 13.2 Å². The summed E-state index contributed by atoms with van der Waals surface area (Å²) in [6.45, 7) is 9.93. The molecule has 1 aliphatic rings. The normalized spacial score (nSPS) is 18.2. The van der Waals surface area contributed by atoms with Crippen LogP contribution in [0.3, 0.4) is 0 Å². The summed E-state index contributed by atoms with van der Waals surface area (Å²) in [7, 11) is -3.17. The Labute approximate surface area is 151 Å². The van der Waals surface area contributed by atoms with Gasteiger partial charge in [0.25, 0.3) is 0 Å². The van der Waals surface area contributed by atoms with Crippen LogP contribution in [-0.4, -0.2) is 74.4 Å². The number of hydrogen-bond acceptors (Lipinski definition) is 5. The maximum absolute atomic E-state index is 12.2. The molecule has 0 aromatic rings. The highest BCUT2D eigenvalue weighted by Gasteiger charge is 2.28. The zero-order chi connectivity index (χ0) is 19.1. The first-order chi connectivity index (χ1) is 11.5. The molecule has 25 heavy (non-hydrogen) atoms. The maximum Gasteiger partial charge on any atom is 0.231 e. The van der Waals surface area contributed by atoms with E-state index >= 15 is 0 Å². The Balaban J connectivity index is 2.53. The highest BCUT2D eigenvalue weighted by atomic mass is 32.2. The zero-order valence-corrected chi connectivity index (χ0v) is 16.7. The highest BCUT2D eigenvalue weighted by molar-refractivity contribution is 7.92. The number of carbonyl (C=O) groups is 1. The molecule has 0 spiro atoms. The number of guanidine groups is 1. The summed E-state index contributed by atoms with van der Waals surface area (Å²) in [6, 6.07) is 0.251. The second-order valence-electron chi connectivity index (χ2n) is 7.35. The van der Waals surface area contributed by atoms with Gasteiger partial charge in [0.05, 0.1) is 23.6 Å². The predicted octanol–water partition coefficient (Wildman–Crippen LogP) is -0.295. The topological polar surface area (TPSA) is 117 Å². The fourth-order valence-corrected chi connectivity index (χ4v) is 3.50. The zero-order valence-electron chi connectivity index (χ0n) is 15.8. The minimum atomic E-state index is -3.17. The fourth-order valence-electron chi connectivity index (χ4n) is 2.55. The van der Waals surface area contributed by atoms with Crippen molar-refractivity contribution in [1.29, 1.82) is 0 Å². The van der Waals surface area contributed by atoms with Gasteiger partial charge in [-0.2, -0.15) is 0 Å². The number of nitrogens with zero attached hydrogens (tertiary/aromatic N) is 2. The Hall–Kier alpha value is -1.35. The summed E-state index contributed by atoms with van der Waals surface area (Å²) in [5.74, 6) is 0.366. The van der Waals surface area contributed by atoms with Crippen molar-refractivity contribution in [2.24, 2.45) is 10.7 Å². The third kappa shape index (κ3) is 7.60. The minimum Gasteiger partial charge on any atom is -0.369 e. The maximum atomic E-state index is 12.2. The van der Waals surface area contributed by atoms with Gasteiger partial charge in [0.2, 0.25) is 5.91 Å². The molecule has 0 aromatic heterocycles. The van der Waals surface area contributed by atoms with E-state index in [0.29, 0.717) is 19.0 Å². The molecule has 1 aliphatic heterocycles. The van der Waals surface area contributed by atoms with E-state index in [9.17, 15) is 13.2 Å². The van der Waals surface area contributed by atoms with Crippen LogP contribution in [0.1, 0.15) is 40.5 Å². The second-order valence-corrected chi connectivity index (χ2v) is 10.2. The van der Waals surface area contributed by atoms with Crippen molar-refractivity contribution in [3.63, 3.8) is 0 Å². The highest BCUT2D eigenvalue weighted by Crippen LogP contribution is 2.15. The van der Waals surface area contributed by atoms with Crippen LogP contribution < -0.4 is 16.4 Å². The lowest BCUT2D eigenvalue weighted by Gasteiger charge is -2.32. The smallest absolute Gasteiger partial charge is 0.231 e. The van der Waals surface area contributed by atoms with Gasteiger partial charge in [0.15, 0.2) is 15.8 Å². The molecular weight excluding hydrogens is 342 g/mol. The van der Waals surface area contributed by atoms with Crippen molar-refractivity contribution in [3.05, 3.63) is 0 Å². The molecule has 0 aromatic carbocycles. The van der Waals surface area contributed by atoms with Crippen molar-refractivity contribution in [3.8, 4) is 0 Å². The number of hydrogen-bond donors (Lipinski definition) is 3. The number of amides is 1. The SMILES string of the molecule is CCNC(=NCCS(=O)(=O)C(C)(C)C)NC1CCN(CC(N)=O)CC1. The van der Waals surface area contributed by atoms with Gasteiger partial charge in [-0.15, -0.1) is 0 Å². The third-order valence-corrected chi connectivity index (χ3v) is 6.80. The molecular formula is C16H33N5O3S. The molecule has 0 radical (unpaired) electrons. The number of piperidine rings is 1. The van der Waals surface area contributed by atoms with Crippen molar-refractivity contribution >= 4 is 21.7 Å². The van der Waals surface area contributed by atoms with E-state index in [4.69, 9.17) is 5.73 Å². The largest absolute Gasteiger partial charge is 0.369 e. The van der Waals surface area contributed by atoms with E-state index < -0.39 is 14.6 Å². The molecule has 0 atom stereocenters. The lowest BCUT2D eigenvalue weighted by molar-refractivity contribution is -0.119. The van der Waals surface area contributed by atoms with Gasteiger partial charge >= 0.3 is 0 Å². The van der Waals surface area contributed by atoms with E-state index in [1.165, 1.54) is 0 Å². The van der Waals surface area contributed by atoms with Gasteiger partial charge in [-0.1, -0.05) is 0 Å². The first-order valence-corrected chi connectivity index (χ1v) is 10.5. The summed E-state index contributed by atoms with van der Waals surface area (Å²) >= 11 is 0. The summed E-state index contributed by atoms with van der Waals surface area (Å²) in [5, 5.41) is 6.51. The van der Waals surface area contributed by atoms with Crippen LogP contribution in [0.2, 0.25) is 0 Å². The number of aliphatic imine (C=N–C) groups is 1. The van der Waals surface area contributed by atoms with Crippen LogP contribution in [0.25, 0.3) is 0 Å². The van der Waals surface area contributed by atoms with E-state index in [0.717, 1.165) is 25.9 Å². The molecule has 146 valence electrons. The molecule has 1 saturated heterocycles. The average Bonchev–Trinajstić information content (AvgIpc) is 2.47. The number of carbonyl (C=O) groups excluding carboxylic acids is 1. The monoisotopic (exact) mass is 375 g/mol. The number of nitrogens with two attached hydrogens (primary N) is 1. The summed E-state index contributed by atoms with van der Waals surface area (Å²) < 4.78 is 23.5. The van der Waals surface area contributed by atoms with Gasteiger partial charge < -0.3 is 16.4 Å². The van der Waals surface area contributed by atoms with Gasteiger partial charge in [-0.25, -0.2) is 8.42 Å². The molecule has 1 amide bonds. The number of likely N-dealkylation sites (tertiary alicyclic amines) is 1. The molecule has 0 saturated carbocycles. The lowest BCUT2D eigenvalue weighted by Crippen LogP contribution is -2.50. The third-order valence-electron chi connectivity index (χ3n) is 4.22. The van der Waals surface area contributed by atoms with Gasteiger partial charge in [-0.3, -0.25) is 14.7 Å². The number of rotatable bonds is 7. The van der Waals surface area contributed by atoms with E-state index in [1.807, 2.05) is 11.8 Å². The van der Waals surface area contributed by atoms with E-state index in [-0.39, 0.29) is 24.2 Å². The van der Waals surface area contributed by atoms with E-state index in [2.05, 4.69) is 15.6 Å². The van der Waals surface area contributed by atoms with Crippen LogP contribution >= 0.6 is 0 Å². The van der Waals surface area contributed by atoms with Crippen LogP contribution in [0.4, 0.5) is 0 Å². The van der Waals surface area contributed by atoms with Crippen LogP contribution in [0.15, 0.2) is 4.99 Å². The molecule has 0 aliphatic carbocycles. The molecule has 1 fully saturated rings. The Kier molecular flexibility index (Phi) is 8.14. The summed E-state index contributed by atoms with van der Waals surface area (Å²) in [4.78, 5) is 17.4. The number of sulfone groups is 1. The van der Waals surface area contributed by atoms with Gasteiger partial charge in [0.1, 0.15) is 0 Å². The fraction of sp³-hybridized carbons (Fsp3) is 0.875. The van der Waals surface area contributed by atoms with Gasteiger partial charge in [0, 0.05) is 25.7 Å². The molecule has 9 heteroatoms. The average molecular weight is 376 g/mol. The molecule has 0 bridgehead atoms. The molecule has 4 N–H and O–H groups in total. The first kappa shape index (κ1) is 21.7.